The monoisotopic (exact) mass is 282 g/mol. The van der Waals surface area contributed by atoms with Gasteiger partial charge in [-0.1, -0.05) is 44.2 Å². The Kier molecular flexibility index (Phi) is 4.53. The summed E-state index contributed by atoms with van der Waals surface area (Å²) in [7, 11) is 0. The van der Waals surface area contributed by atoms with Gasteiger partial charge in [0.25, 0.3) is 0 Å². The van der Waals surface area contributed by atoms with Gasteiger partial charge in [-0.15, -0.1) is 0 Å². The van der Waals surface area contributed by atoms with Crippen LogP contribution in [0, 0.1) is 0 Å². The van der Waals surface area contributed by atoms with Crippen LogP contribution >= 0.6 is 0 Å². The van der Waals surface area contributed by atoms with Gasteiger partial charge < -0.3 is 5.11 Å². The molecule has 3 nitrogen and oxygen atoms in total. The zero-order valence-corrected chi connectivity index (χ0v) is 12.2. The molecule has 0 atom stereocenters. The van der Waals surface area contributed by atoms with Crippen LogP contribution in [0.2, 0.25) is 0 Å². The van der Waals surface area contributed by atoms with Gasteiger partial charge in [0.15, 0.2) is 5.78 Å². The van der Waals surface area contributed by atoms with Crippen molar-refractivity contribution < 1.29 is 14.7 Å². The van der Waals surface area contributed by atoms with E-state index in [1.165, 1.54) is 6.07 Å². The Bertz CT molecular complexity index is 687. The van der Waals surface area contributed by atoms with E-state index >= 15 is 0 Å². The molecule has 0 aliphatic rings. The van der Waals surface area contributed by atoms with Crippen molar-refractivity contribution in [1.29, 1.82) is 0 Å². The predicted octanol–water partition coefficient (Wildman–Crippen LogP) is 3.74. The van der Waals surface area contributed by atoms with Gasteiger partial charge >= 0.3 is 5.97 Å². The third-order valence-corrected chi connectivity index (χ3v) is 3.61. The molecule has 0 aliphatic heterocycles. The first-order chi connectivity index (χ1) is 10.1. The number of aryl methyl sites for hydroxylation is 2. The number of hydrogen-bond acceptors (Lipinski definition) is 2. The van der Waals surface area contributed by atoms with Crippen molar-refractivity contribution in [2.75, 3.05) is 0 Å². The standard InChI is InChI=1S/C18H18O3/c1-3-12-9-10-13(4-2)16(11-12)17(19)14-7-5-6-8-15(14)18(20)21/h5-11H,3-4H2,1-2H3,(H,20,21). The van der Waals surface area contributed by atoms with Gasteiger partial charge in [-0.25, -0.2) is 4.79 Å². The van der Waals surface area contributed by atoms with Crippen molar-refractivity contribution in [1.82, 2.24) is 0 Å². The van der Waals surface area contributed by atoms with Crippen LogP contribution in [0.25, 0.3) is 0 Å². The van der Waals surface area contributed by atoms with Gasteiger partial charge in [-0.05, 0) is 36.1 Å². The van der Waals surface area contributed by atoms with Gasteiger partial charge in [-0.3, -0.25) is 4.79 Å². The largest absolute Gasteiger partial charge is 0.478 e. The molecule has 21 heavy (non-hydrogen) atoms. The third kappa shape index (κ3) is 3.02. The molecule has 0 saturated carbocycles. The fraction of sp³-hybridized carbons (Fsp3) is 0.222. The smallest absolute Gasteiger partial charge is 0.336 e. The van der Waals surface area contributed by atoms with E-state index in [9.17, 15) is 14.7 Å². The summed E-state index contributed by atoms with van der Waals surface area (Å²) in [5.74, 6) is -1.30. The molecule has 0 unspecified atom stereocenters. The van der Waals surface area contributed by atoms with E-state index in [1.807, 2.05) is 32.0 Å². The summed E-state index contributed by atoms with van der Waals surface area (Å²) in [6, 6.07) is 12.2. The zero-order valence-electron chi connectivity index (χ0n) is 12.2. The molecule has 0 aromatic heterocycles. The summed E-state index contributed by atoms with van der Waals surface area (Å²) in [5.41, 5.74) is 2.91. The average Bonchev–Trinajstić information content (AvgIpc) is 2.53. The van der Waals surface area contributed by atoms with Crippen LogP contribution in [0.4, 0.5) is 0 Å². The van der Waals surface area contributed by atoms with Gasteiger partial charge in [-0.2, -0.15) is 0 Å². The number of carboxylic acids is 1. The van der Waals surface area contributed by atoms with Crippen molar-refractivity contribution in [3.8, 4) is 0 Å². The lowest BCUT2D eigenvalue weighted by atomic mass is 9.92. The maximum absolute atomic E-state index is 12.8. The predicted molar refractivity (Wildman–Crippen MR) is 82.0 cm³/mol. The molecule has 0 amide bonds. The lowest BCUT2D eigenvalue weighted by Gasteiger charge is -2.11. The van der Waals surface area contributed by atoms with E-state index in [0.717, 1.165) is 24.0 Å². The Morgan fingerprint density at radius 1 is 0.905 bits per heavy atom. The van der Waals surface area contributed by atoms with Gasteiger partial charge in [0.05, 0.1) is 5.56 Å². The molecule has 0 heterocycles. The van der Waals surface area contributed by atoms with Crippen molar-refractivity contribution in [2.24, 2.45) is 0 Å². The van der Waals surface area contributed by atoms with Crippen molar-refractivity contribution >= 4 is 11.8 Å². The highest BCUT2D eigenvalue weighted by Gasteiger charge is 2.19. The first kappa shape index (κ1) is 15.0. The lowest BCUT2D eigenvalue weighted by Crippen LogP contribution is -2.11. The Morgan fingerprint density at radius 2 is 1.57 bits per heavy atom. The normalized spacial score (nSPS) is 10.4. The van der Waals surface area contributed by atoms with E-state index in [0.29, 0.717) is 5.56 Å². The van der Waals surface area contributed by atoms with Crippen molar-refractivity contribution in [3.05, 3.63) is 70.3 Å². The molecule has 0 aliphatic carbocycles. The molecule has 3 heteroatoms. The molecule has 0 spiro atoms. The quantitative estimate of drug-likeness (QED) is 0.850. The number of carboxylic acid groups (broad SMARTS) is 1. The summed E-state index contributed by atoms with van der Waals surface area (Å²) in [4.78, 5) is 24.0. The molecule has 1 N–H and O–H groups in total. The molecule has 2 rings (SSSR count). The second-order valence-electron chi connectivity index (χ2n) is 4.88. The van der Waals surface area contributed by atoms with Crippen LogP contribution < -0.4 is 0 Å². The molecule has 0 bridgehead atoms. The second kappa shape index (κ2) is 6.35. The summed E-state index contributed by atoms with van der Waals surface area (Å²) in [6.07, 6.45) is 1.57. The molecule has 0 saturated heterocycles. The van der Waals surface area contributed by atoms with Crippen LogP contribution in [-0.4, -0.2) is 16.9 Å². The second-order valence-corrected chi connectivity index (χ2v) is 4.88. The van der Waals surface area contributed by atoms with E-state index in [-0.39, 0.29) is 16.9 Å². The SMILES string of the molecule is CCc1ccc(CC)c(C(=O)c2ccccc2C(=O)O)c1. The first-order valence-corrected chi connectivity index (χ1v) is 7.07. The van der Waals surface area contributed by atoms with Gasteiger partial charge in [0.1, 0.15) is 0 Å². The summed E-state index contributed by atoms with van der Waals surface area (Å²) in [5, 5.41) is 9.24. The highest BCUT2D eigenvalue weighted by molar-refractivity contribution is 6.15. The number of carbonyl (C=O) groups is 2. The van der Waals surface area contributed by atoms with E-state index in [2.05, 4.69) is 0 Å². The maximum atomic E-state index is 12.8. The average molecular weight is 282 g/mol. The molecule has 2 aromatic carbocycles. The third-order valence-electron chi connectivity index (χ3n) is 3.61. The Hall–Kier alpha value is -2.42. The number of hydrogen-bond donors (Lipinski definition) is 1. The minimum atomic E-state index is -1.08. The number of benzene rings is 2. The highest BCUT2D eigenvalue weighted by atomic mass is 16.4. The summed E-state index contributed by atoms with van der Waals surface area (Å²) in [6.45, 7) is 4.02. The van der Waals surface area contributed by atoms with E-state index in [1.54, 1.807) is 18.2 Å². The maximum Gasteiger partial charge on any atom is 0.336 e. The topological polar surface area (TPSA) is 54.4 Å². The number of aromatic carboxylic acids is 1. The Balaban J connectivity index is 2.57. The fourth-order valence-electron chi connectivity index (χ4n) is 2.38. The minimum Gasteiger partial charge on any atom is -0.478 e. The van der Waals surface area contributed by atoms with Gasteiger partial charge in [0, 0.05) is 11.1 Å². The molecular weight excluding hydrogens is 264 g/mol. The summed E-state index contributed by atoms with van der Waals surface area (Å²) >= 11 is 0. The minimum absolute atomic E-state index is 0.0476. The van der Waals surface area contributed by atoms with Crippen LogP contribution in [0.5, 0.6) is 0 Å². The van der Waals surface area contributed by atoms with Crippen molar-refractivity contribution in [2.45, 2.75) is 26.7 Å². The lowest BCUT2D eigenvalue weighted by molar-refractivity contribution is 0.0693. The fourth-order valence-corrected chi connectivity index (χ4v) is 2.38. The number of ketones is 1. The van der Waals surface area contributed by atoms with Crippen molar-refractivity contribution in [3.63, 3.8) is 0 Å². The van der Waals surface area contributed by atoms with Crippen LogP contribution in [0.15, 0.2) is 42.5 Å². The van der Waals surface area contributed by atoms with Crippen LogP contribution in [0.1, 0.15) is 51.3 Å². The van der Waals surface area contributed by atoms with E-state index in [4.69, 9.17) is 0 Å². The van der Waals surface area contributed by atoms with Gasteiger partial charge in [0.2, 0.25) is 0 Å². The molecule has 2 aromatic rings. The van der Waals surface area contributed by atoms with E-state index < -0.39 is 5.97 Å². The number of carbonyl (C=O) groups excluding carboxylic acids is 1. The highest BCUT2D eigenvalue weighted by Crippen LogP contribution is 2.20. The number of rotatable bonds is 5. The first-order valence-electron chi connectivity index (χ1n) is 7.07. The summed E-state index contributed by atoms with van der Waals surface area (Å²) < 4.78 is 0. The zero-order chi connectivity index (χ0) is 15.4. The van der Waals surface area contributed by atoms with Crippen LogP contribution in [0.3, 0.4) is 0 Å². The van der Waals surface area contributed by atoms with Crippen LogP contribution in [-0.2, 0) is 12.8 Å². The molecular formula is C18H18O3. The molecule has 0 radical (unpaired) electrons. The molecule has 108 valence electrons. The molecule has 0 fully saturated rings. The Morgan fingerprint density at radius 3 is 2.14 bits per heavy atom. The Labute approximate surface area is 124 Å².